The molecule has 1 aliphatic rings. The van der Waals surface area contributed by atoms with E-state index < -0.39 is 10.9 Å². The number of benzene rings is 1. The standard InChI is InChI=1S/C8H5NO5.C4H7NO/c10-5-8(11)14-7-3-1-6(2-4-7)9(12)13;6-4-2-1-3-5-4/h1-4,11H;1-3H2,(H,5,6). The number of nitrogens with zero attached hydrogens (tertiary/aromatic N) is 1. The van der Waals surface area contributed by atoms with Crippen molar-refractivity contribution in [2.45, 2.75) is 12.8 Å². The van der Waals surface area contributed by atoms with Gasteiger partial charge in [0.25, 0.3) is 5.69 Å². The van der Waals surface area contributed by atoms with E-state index in [-0.39, 0.29) is 17.3 Å². The highest BCUT2D eigenvalue weighted by atomic mass is 16.6. The summed E-state index contributed by atoms with van der Waals surface area (Å²) >= 11 is 0. The molecule has 106 valence electrons. The number of nitrogens with one attached hydrogen (secondary N) is 1. The molecule has 1 heterocycles. The average Bonchev–Trinajstić information content (AvgIpc) is 2.91. The van der Waals surface area contributed by atoms with Crippen LogP contribution in [0.4, 0.5) is 5.69 Å². The maximum absolute atomic E-state index is 10.2. The number of amides is 1. The molecule has 1 aromatic rings. The van der Waals surface area contributed by atoms with Crippen LogP contribution in [0.15, 0.2) is 30.2 Å². The fourth-order valence-corrected chi connectivity index (χ4v) is 1.33. The van der Waals surface area contributed by atoms with Gasteiger partial charge in [-0.25, -0.2) is 4.79 Å². The number of hydrogen-bond donors (Lipinski definition) is 2. The summed E-state index contributed by atoms with van der Waals surface area (Å²) in [7, 11) is 0. The lowest BCUT2D eigenvalue weighted by molar-refractivity contribution is -0.384. The largest absolute Gasteiger partial charge is 0.472 e. The molecule has 0 radical (unpaired) electrons. The SMILES string of the molecule is O=C1CCCN1.O=C=C(O)Oc1ccc([N+](=O)[O-])cc1. The molecule has 1 saturated heterocycles. The van der Waals surface area contributed by atoms with E-state index in [0.29, 0.717) is 0 Å². The Kier molecular flexibility index (Phi) is 5.74. The molecule has 0 aliphatic carbocycles. The fraction of sp³-hybridized carbons (Fsp3) is 0.250. The zero-order valence-corrected chi connectivity index (χ0v) is 10.4. The number of ether oxygens (including phenoxy) is 1. The van der Waals surface area contributed by atoms with Crippen LogP contribution in [0.25, 0.3) is 0 Å². The molecule has 0 unspecified atom stereocenters. The highest BCUT2D eigenvalue weighted by Gasteiger charge is 2.06. The number of rotatable bonds is 3. The van der Waals surface area contributed by atoms with Crippen LogP contribution in [-0.4, -0.2) is 28.4 Å². The third kappa shape index (κ3) is 5.19. The first-order chi connectivity index (χ1) is 9.52. The van der Waals surface area contributed by atoms with Crippen molar-refractivity contribution in [3.8, 4) is 5.75 Å². The quantitative estimate of drug-likeness (QED) is 0.370. The number of aliphatic hydroxyl groups is 1. The predicted molar refractivity (Wildman–Crippen MR) is 67.8 cm³/mol. The second kappa shape index (κ2) is 7.55. The van der Waals surface area contributed by atoms with Crippen LogP contribution in [0.1, 0.15) is 12.8 Å². The Labute approximate surface area is 113 Å². The van der Waals surface area contributed by atoms with E-state index in [9.17, 15) is 19.7 Å². The third-order valence-corrected chi connectivity index (χ3v) is 2.25. The van der Waals surface area contributed by atoms with Gasteiger partial charge in [-0.15, -0.1) is 0 Å². The molecule has 0 saturated carbocycles. The first-order valence-electron chi connectivity index (χ1n) is 5.66. The summed E-state index contributed by atoms with van der Waals surface area (Å²) in [5.41, 5.74) is -0.105. The van der Waals surface area contributed by atoms with Gasteiger partial charge in [-0.1, -0.05) is 0 Å². The Hall–Kier alpha value is -2.86. The van der Waals surface area contributed by atoms with Crippen molar-refractivity contribution in [1.29, 1.82) is 0 Å². The summed E-state index contributed by atoms with van der Waals surface area (Å²) in [5.74, 6) is 0.525. The highest BCUT2D eigenvalue weighted by molar-refractivity contribution is 5.77. The summed E-state index contributed by atoms with van der Waals surface area (Å²) in [6.45, 7) is 0.888. The van der Waals surface area contributed by atoms with Crippen LogP contribution < -0.4 is 10.1 Å². The molecule has 1 fully saturated rings. The number of carbonyl (C=O) groups is 1. The molecular weight excluding hydrogens is 268 g/mol. The summed E-state index contributed by atoms with van der Waals surface area (Å²) in [5, 5.41) is 21.5. The highest BCUT2D eigenvalue weighted by Crippen LogP contribution is 2.17. The molecule has 2 rings (SSSR count). The molecule has 0 bridgehead atoms. The van der Waals surface area contributed by atoms with E-state index in [1.54, 1.807) is 0 Å². The maximum atomic E-state index is 10.2. The van der Waals surface area contributed by atoms with Gasteiger partial charge < -0.3 is 15.2 Å². The van der Waals surface area contributed by atoms with Gasteiger partial charge in [0.2, 0.25) is 11.8 Å². The lowest BCUT2D eigenvalue weighted by atomic mass is 10.3. The van der Waals surface area contributed by atoms with Crippen LogP contribution in [0.2, 0.25) is 0 Å². The number of nitro benzene ring substituents is 1. The van der Waals surface area contributed by atoms with Crippen molar-refractivity contribution in [3.05, 3.63) is 40.3 Å². The molecule has 8 nitrogen and oxygen atoms in total. The first kappa shape index (κ1) is 15.2. The minimum absolute atomic E-state index is 0.105. The summed E-state index contributed by atoms with van der Waals surface area (Å²) in [6, 6.07) is 4.89. The molecule has 8 heteroatoms. The number of nitro groups is 1. The zero-order valence-electron chi connectivity index (χ0n) is 10.4. The van der Waals surface area contributed by atoms with E-state index >= 15 is 0 Å². The molecule has 1 amide bonds. The molecule has 1 aromatic carbocycles. The molecule has 0 spiro atoms. The zero-order chi connectivity index (χ0) is 15.0. The Balaban J connectivity index is 0.000000276. The van der Waals surface area contributed by atoms with Crippen LogP contribution in [0, 0.1) is 10.1 Å². The van der Waals surface area contributed by atoms with Gasteiger partial charge in [-0.3, -0.25) is 14.9 Å². The van der Waals surface area contributed by atoms with E-state index in [4.69, 9.17) is 5.11 Å². The Morgan fingerprint density at radius 2 is 2.05 bits per heavy atom. The van der Waals surface area contributed by atoms with Crippen LogP contribution >= 0.6 is 0 Å². The van der Waals surface area contributed by atoms with Gasteiger partial charge in [0.1, 0.15) is 5.75 Å². The number of aliphatic hydroxyl groups excluding tert-OH is 1. The van der Waals surface area contributed by atoms with Gasteiger partial charge in [-0.2, -0.15) is 0 Å². The summed E-state index contributed by atoms with van der Waals surface area (Å²) in [6.07, 6.45) is 1.76. The van der Waals surface area contributed by atoms with Crippen molar-refractivity contribution < 1.29 is 24.4 Å². The van der Waals surface area contributed by atoms with Crippen LogP contribution in [-0.2, 0) is 9.59 Å². The summed E-state index contributed by atoms with van der Waals surface area (Å²) in [4.78, 5) is 29.6. The van der Waals surface area contributed by atoms with Crippen molar-refractivity contribution in [3.63, 3.8) is 0 Å². The molecule has 0 atom stereocenters. The Morgan fingerprint density at radius 3 is 2.40 bits per heavy atom. The lowest BCUT2D eigenvalue weighted by Crippen LogP contribution is -2.12. The van der Waals surface area contributed by atoms with Gasteiger partial charge in [0, 0.05) is 25.1 Å². The molecule has 0 aromatic heterocycles. The molecule has 20 heavy (non-hydrogen) atoms. The van der Waals surface area contributed by atoms with Gasteiger partial charge in [-0.05, 0) is 18.6 Å². The van der Waals surface area contributed by atoms with Crippen molar-refractivity contribution >= 4 is 17.5 Å². The Morgan fingerprint density at radius 1 is 1.40 bits per heavy atom. The van der Waals surface area contributed by atoms with Crippen molar-refractivity contribution in [1.82, 2.24) is 5.32 Å². The summed E-state index contributed by atoms with van der Waals surface area (Å²) < 4.78 is 4.52. The van der Waals surface area contributed by atoms with E-state index in [0.717, 1.165) is 25.3 Å². The monoisotopic (exact) mass is 280 g/mol. The topological polar surface area (TPSA) is 119 Å². The number of non-ortho nitro benzene ring substituents is 1. The second-order valence-corrected chi connectivity index (χ2v) is 3.71. The van der Waals surface area contributed by atoms with Crippen LogP contribution in [0.3, 0.4) is 0 Å². The minimum atomic E-state index is -0.918. The fourth-order valence-electron chi connectivity index (χ4n) is 1.33. The average molecular weight is 280 g/mol. The predicted octanol–water partition coefficient (Wildman–Crippen LogP) is 1.10. The maximum Gasteiger partial charge on any atom is 0.372 e. The van der Waals surface area contributed by atoms with E-state index in [2.05, 4.69) is 10.1 Å². The van der Waals surface area contributed by atoms with E-state index in [1.807, 2.05) is 0 Å². The number of carbonyl (C=O) groups excluding carboxylic acids is 2. The Bertz CT molecular complexity index is 525. The lowest BCUT2D eigenvalue weighted by Gasteiger charge is -1.99. The van der Waals surface area contributed by atoms with Gasteiger partial charge in [0.05, 0.1) is 4.92 Å². The van der Waals surface area contributed by atoms with Crippen molar-refractivity contribution in [2.24, 2.45) is 0 Å². The van der Waals surface area contributed by atoms with E-state index in [1.165, 1.54) is 24.3 Å². The molecular formula is C12H12N2O6. The molecule has 2 N–H and O–H groups in total. The van der Waals surface area contributed by atoms with Crippen molar-refractivity contribution in [2.75, 3.05) is 6.54 Å². The smallest absolute Gasteiger partial charge is 0.372 e. The van der Waals surface area contributed by atoms with Gasteiger partial charge >= 0.3 is 5.95 Å². The number of hydrogen-bond acceptors (Lipinski definition) is 6. The first-order valence-corrected chi connectivity index (χ1v) is 5.66. The second-order valence-electron chi connectivity index (χ2n) is 3.71. The minimum Gasteiger partial charge on any atom is -0.472 e. The van der Waals surface area contributed by atoms with Gasteiger partial charge in [0.15, 0.2) is 0 Å². The normalized spacial score (nSPS) is 12.5. The third-order valence-electron chi connectivity index (χ3n) is 2.25. The molecule has 1 aliphatic heterocycles. The van der Waals surface area contributed by atoms with Crippen LogP contribution in [0.5, 0.6) is 5.75 Å².